The van der Waals surface area contributed by atoms with Gasteiger partial charge in [-0.2, -0.15) is 0 Å². The van der Waals surface area contributed by atoms with Gasteiger partial charge in [-0.05, 0) is 6.07 Å². The van der Waals surface area contributed by atoms with Crippen molar-refractivity contribution in [2.24, 2.45) is 5.92 Å². The fourth-order valence-corrected chi connectivity index (χ4v) is 5.56. The number of rotatable bonds is 6. The minimum absolute atomic E-state index is 0.0522. The lowest BCUT2D eigenvalue weighted by Gasteiger charge is -2.33. The van der Waals surface area contributed by atoms with Crippen molar-refractivity contribution in [3.63, 3.8) is 0 Å². The average Bonchev–Trinajstić information content (AvgIpc) is 3.65. The highest BCUT2D eigenvalue weighted by Crippen LogP contribution is 2.61. The van der Waals surface area contributed by atoms with Crippen molar-refractivity contribution < 1.29 is 52.2 Å². The Morgan fingerprint density at radius 2 is 1.58 bits per heavy atom. The van der Waals surface area contributed by atoms with Gasteiger partial charge >= 0.3 is 5.97 Å². The van der Waals surface area contributed by atoms with Crippen LogP contribution in [0.3, 0.4) is 0 Å². The standard InChI is InChI=1S/C25H26O11/c1-12(26)36-25-9-31-21(13-5-16-17(33-10-32-16)6-15(13)27-2)14(25)8-30-24(25)20-18(28-3)7-19-22(23(20)29-4)35-11-34-19/h5-7,14,21,24H,8-11H2,1-4H3/t14?,21-,24-,25-/m1/s1. The van der Waals surface area contributed by atoms with Gasteiger partial charge in [-0.25, -0.2) is 0 Å². The number of carbonyl (C=O) groups excluding carboxylic acids is 1. The largest absolute Gasteiger partial charge is 0.496 e. The number of ether oxygens (including phenoxy) is 10. The lowest BCUT2D eigenvalue weighted by molar-refractivity contribution is -0.167. The van der Waals surface area contributed by atoms with Crippen LogP contribution in [0.2, 0.25) is 0 Å². The highest BCUT2D eigenvalue weighted by atomic mass is 16.7. The van der Waals surface area contributed by atoms with E-state index < -0.39 is 23.8 Å². The number of esters is 1. The molecule has 0 amide bonds. The van der Waals surface area contributed by atoms with Crippen LogP contribution in [-0.4, -0.2) is 59.7 Å². The topological polar surface area (TPSA) is 109 Å². The molecule has 2 aromatic rings. The molecule has 2 aromatic carbocycles. The summed E-state index contributed by atoms with van der Waals surface area (Å²) < 4.78 is 58.1. The second kappa shape index (κ2) is 8.52. The molecular weight excluding hydrogens is 476 g/mol. The minimum atomic E-state index is -1.17. The van der Waals surface area contributed by atoms with Gasteiger partial charge in [0.25, 0.3) is 0 Å². The Hall–Kier alpha value is -3.57. The van der Waals surface area contributed by atoms with Crippen LogP contribution >= 0.6 is 0 Å². The zero-order chi connectivity index (χ0) is 25.0. The van der Waals surface area contributed by atoms with Crippen molar-refractivity contribution in [2.45, 2.75) is 24.7 Å². The van der Waals surface area contributed by atoms with Crippen LogP contribution in [0, 0.1) is 5.92 Å². The van der Waals surface area contributed by atoms with E-state index in [0.717, 1.165) is 5.56 Å². The van der Waals surface area contributed by atoms with Crippen LogP contribution in [0.1, 0.15) is 30.3 Å². The molecule has 4 aliphatic heterocycles. The van der Waals surface area contributed by atoms with Gasteiger partial charge in [0, 0.05) is 24.6 Å². The second-order valence-corrected chi connectivity index (χ2v) is 8.81. The molecule has 0 spiro atoms. The molecule has 2 saturated heterocycles. The van der Waals surface area contributed by atoms with Crippen LogP contribution in [0.4, 0.5) is 0 Å². The van der Waals surface area contributed by atoms with E-state index in [2.05, 4.69) is 0 Å². The third-order valence-electron chi connectivity index (χ3n) is 7.04. The molecule has 1 unspecified atom stereocenters. The third kappa shape index (κ3) is 3.22. The SMILES string of the molecule is COc1cc2c(cc1[C@H]1OC[C@@]3(OC(C)=O)C1CO[C@@H]3c1c(OC)cc3c(c1OC)OCO3)OCO2. The van der Waals surface area contributed by atoms with Gasteiger partial charge in [-0.15, -0.1) is 0 Å². The number of benzene rings is 2. The van der Waals surface area contributed by atoms with E-state index in [1.807, 2.05) is 6.07 Å². The summed E-state index contributed by atoms with van der Waals surface area (Å²) in [6, 6.07) is 5.32. The molecule has 0 aliphatic carbocycles. The maximum absolute atomic E-state index is 12.4. The molecule has 4 atom stereocenters. The average molecular weight is 502 g/mol. The van der Waals surface area contributed by atoms with Gasteiger partial charge in [0.15, 0.2) is 28.6 Å². The Morgan fingerprint density at radius 1 is 0.889 bits per heavy atom. The van der Waals surface area contributed by atoms with Crippen molar-refractivity contribution >= 4 is 5.97 Å². The van der Waals surface area contributed by atoms with Crippen LogP contribution in [-0.2, 0) is 19.0 Å². The number of fused-ring (bicyclic) bond motifs is 3. The predicted molar refractivity (Wildman–Crippen MR) is 120 cm³/mol. The molecule has 11 heteroatoms. The van der Waals surface area contributed by atoms with Crippen LogP contribution < -0.4 is 33.2 Å². The summed E-state index contributed by atoms with van der Waals surface area (Å²) in [6.07, 6.45) is -1.28. The molecule has 0 aromatic heterocycles. The number of carbonyl (C=O) groups is 1. The summed E-state index contributed by atoms with van der Waals surface area (Å²) in [5.74, 6) is 2.70. The monoisotopic (exact) mass is 502 g/mol. The van der Waals surface area contributed by atoms with E-state index in [1.54, 1.807) is 19.2 Å². The molecule has 11 nitrogen and oxygen atoms in total. The molecule has 0 bridgehead atoms. The summed E-state index contributed by atoms with van der Waals surface area (Å²) in [5.41, 5.74) is 0.121. The summed E-state index contributed by atoms with van der Waals surface area (Å²) in [7, 11) is 4.64. The molecule has 192 valence electrons. The lowest BCUT2D eigenvalue weighted by Crippen LogP contribution is -2.44. The summed E-state index contributed by atoms with van der Waals surface area (Å²) in [6.45, 7) is 1.86. The van der Waals surface area contributed by atoms with E-state index in [4.69, 9.17) is 47.4 Å². The first-order chi connectivity index (χ1) is 17.5. The van der Waals surface area contributed by atoms with Crippen molar-refractivity contribution in [1.29, 1.82) is 0 Å². The zero-order valence-electron chi connectivity index (χ0n) is 20.3. The summed E-state index contributed by atoms with van der Waals surface area (Å²) >= 11 is 0. The first-order valence-electron chi connectivity index (χ1n) is 11.5. The van der Waals surface area contributed by atoms with E-state index in [9.17, 15) is 4.79 Å². The fraction of sp³-hybridized carbons (Fsp3) is 0.480. The minimum Gasteiger partial charge on any atom is -0.496 e. The van der Waals surface area contributed by atoms with Gasteiger partial charge < -0.3 is 47.4 Å². The van der Waals surface area contributed by atoms with Gasteiger partial charge in [0.1, 0.15) is 17.6 Å². The highest BCUT2D eigenvalue weighted by molar-refractivity contribution is 5.68. The first-order valence-corrected chi connectivity index (χ1v) is 11.5. The zero-order valence-corrected chi connectivity index (χ0v) is 20.3. The van der Waals surface area contributed by atoms with Crippen molar-refractivity contribution in [2.75, 3.05) is 48.1 Å². The molecular formula is C25H26O11. The lowest BCUT2D eigenvalue weighted by atomic mass is 9.79. The molecule has 2 fully saturated rings. The Morgan fingerprint density at radius 3 is 2.31 bits per heavy atom. The maximum Gasteiger partial charge on any atom is 0.303 e. The maximum atomic E-state index is 12.4. The normalized spacial score (nSPS) is 27.1. The number of hydrogen-bond donors (Lipinski definition) is 0. The Kier molecular flexibility index (Phi) is 5.41. The number of hydrogen-bond acceptors (Lipinski definition) is 11. The Balaban J connectivity index is 1.46. The van der Waals surface area contributed by atoms with Crippen molar-refractivity contribution in [3.8, 4) is 40.2 Å². The highest BCUT2D eigenvalue weighted by Gasteiger charge is 2.64. The number of methoxy groups -OCH3 is 3. The van der Waals surface area contributed by atoms with Gasteiger partial charge in [-0.1, -0.05) is 0 Å². The van der Waals surface area contributed by atoms with E-state index in [1.165, 1.54) is 21.1 Å². The van der Waals surface area contributed by atoms with E-state index >= 15 is 0 Å². The van der Waals surface area contributed by atoms with Crippen LogP contribution in [0.5, 0.6) is 40.2 Å². The van der Waals surface area contributed by atoms with Crippen molar-refractivity contribution in [3.05, 3.63) is 29.3 Å². The van der Waals surface area contributed by atoms with Gasteiger partial charge in [0.2, 0.25) is 19.3 Å². The van der Waals surface area contributed by atoms with Crippen LogP contribution in [0.15, 0.2) is 18.2 Å². The Labute approximate surface area is 207 Å². The predicted octanol–water partition coefficient (Wildman–Crippen LogP) is 2.93. The molecule has 36 heavy (non-hydrogen) atoms. The Bertz CT molecular complexity index is 1210. The van der Waals surface area contributed by atoms with E-state index in [-0.39, 0.29) is 32.7 Å². The smallest absolute Gasteiger partial charge is 0.303 e. The summed E-state index contributed by atoms with van der Waals surface area (Å²) in [5, 5.41) is 0. The molecule has 0 N–H and O–H groups in total. The molecule has 0 radical (unpaired) electrons. The van der Waals surface area contributed by atoms with Crippen molar-refractivity contribution in [1.82, 2.24) is 0 Å². The molecule has 4 aliphatic rings. The first kappa shape index (κ1) is 22.9. The fourth-order valence-electron chi connectivity index (χ4n) is 5.56. The van der Waals surface area contributed by atoms with E-state index in [0.29, 0.717) is 45.8 Å². The van der Waals surface area contributed by atoms with Crippen LogP contribution in [0.25, 0.3) is 0 Å². The third-order valence-corrected chi connectivity index (χ3v) is 7.04. The quantitative estimate of drug-likeness (QED) is 0.544. The molecule has 0 saturated carbocycles. The molecule has 6 rings (SSSR count). The molecule has 4 heterocycles. The second-order valence-electron chi connectivity index (χ2n) is 8.81. The van der Waals surface area contributed by atoms with Gasteiger partial charge in [-0.3, -0.25) is 4.79 Å². The summed E-state index contributed by atoms with van der Waals surface area (Å²) in [4.78, 5) is 12.4. The van der Waals surface area contributed by atoms with Gasteiger partial charge in [0.05, 0.1) is 52.1 Å².